The average Bonchev–Trinajstić information content (AvgIpc) is 3.18. The molecule has 0 spiro atoms. The Morgan fingerprint density at radius 1 is 1.32 bits per heavy atom. The van der Waals surface area contributed by atoms with Gasteiger partial charge in [0.2, 0.25) is 5.91 Å². The normalized spacial score (nSPS) is 17.9. The highest BCUT2D eigenvalue weighted by atomic mass is 35.5. The lowest BCUT2D eigenvalue weighted by atomic mass is 10.0. The monoisotopic (exact) mass is 337 g/mol. The molecule has 1 fully saturated rings. The fourth-order valence-corrected chi connectivity index (χ4v) is 3.23. The van der Waals surface area contributed by atoms with Crippen molar-refractivity contribution in [1.82, 2.24) is 14.5 Å². The summed E-state index contributed by atoms with van der Waals surface area (Å²) in [7, 11) is 0. The molecule has 2 heterocycles. The number of imidazole rings is 1. The van der Waals surface area contributed by atoms with E-state index >= 15 is 0 Å². The lowest BCUT2D eigenvalue weighted by Crippen LogP contribution is -2.31. The molecule has 0 aliphatic carbocycles. The molecule has 1 atom stereocenters. The van der Waals surface area contributed by atoms with Gasteiger partial charge in [0.1, 0.15) is 0 Å². The van der Waals surface area contributed by atoms with Crippen LogP contribution >= 0.6 is 23.2 Å². The molecular weight excluding hydrogens is 321 g/mol. The topological polar surface area (TPSA) is 38.1 Å². The van der Waals surface area contributed by atoms with E-state index in [4.69, 9.17) is 23.2 Å². The molecule has 1 amide bonds. The van der Waals surface area contributed by atoms with Gasteiger partial charge in [-0.1, -0.05) is 29.3 Å². The maximum absolute atomic E-state index is 12.5. The van der Waals surface area contributed by atoms with E-state index in [1.54, 1.807) is 18.6 Å². The van der Waals surface area contributed by atoms with E-state index in [0.717, 1.165) is 24.9 Å². The van der Waals surface area contributed by atoms with Crippen LogP contribution in [0.15, 0.2) is 36.9 Å². The number of aryl methyl sites for hydroxylation is 1. The van der Waals surface area contributed by atoms with Crippen molar-refractivity contribution in [1.29, 1.82) is 0 Å². The first kappa shape index (κ1) is 15.4. The molecule has 22 heavy (non-hydrogen) atoms. The van der Waals surface area contributed by atoms with Crippen LogP contribution in [0.5, 0.6) is 0 Å². The Morgan fingerprint density at radius 3 is 2.91 bits per heavy atom. The van der Waals surface area contributed by atoms with Crippen molar-refractivity contribution in [3.8, 4) is 0 Å². The van der Waals surface area contributed by atoms with Crippen LogP contribution in [0, 0.1) is 0 Å². The van der Waals surface area contributed by atoms with E-state index in [-0.39, 0.29) is 11.9 Å². The quantitative estimate of drug-likeness (QED) is 0.847. The van der Waals surface area contributed by atoms with Gasteiger partial charge in [-0.25, -0.2) is 4.98 Å². The number of amides is 1. The number of aromatic nitrogens is 2. The molecule has 0 unspecified atom stereocenters. The average molecular weight is 338 g/mol. The van der Waals surface area contributed by atoms with Crippen LogP contribution in [0.25, 0.3) is 0 Å². The Morgan fingerprint density at radius 2 is 2.18 bits per heavy atom. The van der Waals surface area contributed by atoms with Crippen molar-refractivity contribution in [3.05, 3.63) is 52.5 Å². The first-order valence-corrected chi connectivity index (χ1v) is 8.11. The Hall–Kier alpha value is -1.52. The number of halogens is 2. The van der Waals surface area contributed by atoms with Gasteiger partial charge >= 0.3 is 0 Å². The number of rotatable bonds is 4. The lowest BCUT2D eigenvalue weighted by molar-refractivity contribution is -0.132. The molecule has 1 saturated heterocycles. The van der Waals surface area contributed by atoms with Crippen LogP contribution in [-0.2, 0) is 11.3 Å². The summed E-state index contributed by atoms with van der Waals surface area (Å²) in [5.74, 6) is 0.169. The predicted octanol–water partition coefficient (Wildman–Crippen LogP) is 3.94. The van der Waals surface area contributed by atoms with Gasteiger partial charge in [-0.2, -0.15) is 0 Å². The number of nitrogens with zero attached hydrogens (tertiary/aromatic N) is 3. The molecule has 1 aliphatic rings. The number of carbonyl (C=O) groups excluding carboxylic acids is 1. The van der Waals surface area contributed by atoms with Gasteiger partial charge in [-0.05, 0) is 30.5 Å². The van der Waals surface area contributed by atoms with Crippen LogP contribution in [0.1, 0.15) is 30.9 Å². The van der Waals surface area contributed by atoms with Crippen LogP contribution in [0.3, 0.4) is 0 Å². The fourth-order valence-electron chi connectivity index (χ4n) is 2.92. The molecule has 1 aromatic carbocycles. The second kappa shape index (κ2) is 6.71. The minimum absolute atomic E-state index is 0.102. The number of hydrogen-bond donors (Lipinski definition) is 0. The molecule has 0 bridgehead atoms. The summed E-state index contributed by atoms with van der Waals surface area (Å²) in [5, 5.41) is 1.08. The van der Waals surface area contributed by atoms with Crippen LogP contribution in [0.2, 0.25) is 10.0 Å². The molecule has 3 rings (SSSR count). The van der Waals surface area contributed by atoms with E-state index in [2.05, 4.69) is 4.98 Å². The highest BCUT2D eigenvalue weighted by Crippen LogP contribution is 2.35. The molecule has 116 valence electrons. The van der Waals surface area contributed by atoms with Crippen molar-refractivity contribution in [3.63, 3.8) is 0 Å². The summed E-state index contributed by atoms with van der Waals surface area (Å²) in [6.45, 7) is 1.46. The summed E-state index contributed by atoms with van der Waals surface area (Å²) in [5.41, 5.74) is 1.06. The molecule has 4 nitrogen and oxygen atoms in total. The molecule has 0 radical (unpaired) electrons. The summed E-state index contributed by atoms with van der Waals surface area (Å²) in [6, 6.07) is 5.73. The molecule has 6 heteroatoms. The smallest absolute Gasteiger partial charge is 0.224 e. The van der Waals surface area contributed by atoms with Gasteiger partial charge in [0.25, 0.3) is 0 Å². The van der Waals surface area contributed by atoms with Crippen molar-refractivity contribution < 1.29 is 4.79 Å². The minimum Gasteiger partial charge on any atom is -0.337 e. The number of carbonyl (C=O) groups is 1. The zero-order valence-corrected chi connectivity index (χ0v) is 13.6. The summed E-state index contributed by atoms with van der Waals surface area (Å²) < 4.78 is 1.92. The predicted molar refractivity (Wildman–Crippen MR) is 87.0 cm³/mol. The number of likely N-dealkylation sites (tertiary alicyclic amines) is 1. The highest BCUT2D eigenvalue weighted by molar-refractivity contribution is 6.42. The zero-order valence-electron chi connectivity index (χ0n) is 12.1. The van der Waals surface area contributed by atoms with Gasteiger partial charge in [-0.15, -0.1) is 0 Å². The largest absolute Gasteiger partial charge is 0.337 e. The van der Waals surface area contributed by atoms with E-state index < -0.39 is 0 Å². The Kier molecular flexibility index (Phi) is 4.69. The molecular formula is C16H17Cl2N3O. The summed E-state index contributed by atoms with van der Waals surface area (Å²) in [6.07, 6.45) is 7.78. The maximum atomic E-state index is 12.5. The number of benzene rings is 1. The van der Waals surface area contributed by atoms with Crippen LogP contribution in [0.4, 0.5) is 0 Å². The number of hydrogen-bond acceptors (Lipinski definition) is 2. The van der Waals surface area contributed by atoms with Gasteiger partial charge in [0, 0.05) is 31.9 Å². The van der Waals surface area contributed by atoms with Crippen molar-refractivity contribution in [2.75, 3.05) is 6.54 Å². The zero-order chi connectivity index (χ0) is 15.5. The lowest BCUT2D eigenvalue weighted by Gasteiger charge is -2.25. The van der Waals surface area contributed by atoms with Gasteiger partial charge in [0.05, 0.1) is 22.4 Å². The molecule has 1 aliphatic heterocycles. The van der Waals surface area contributed by atoms with Crippen molar-refractivity contribution in [2.45, 2.75) is 31.8 Å². The fraction of sp³-hybridized carbons (Fsp3) is 0.375. The Balaban J connectivity index is 1.69. The minimum atomic E-state index is 0.102. The van der Waals surface area contributed by atoms with E-state index in [9.17, 15) is 4.79 Å². The van der Waals surface area contributed by atoms with Gasteiger partial charge in [0.15, 0.2) is 0 Å². The van der Waals surface area contributed by atoms with E-state index in [1.807, 2.05) is 27.8 Å². The van der Waals surface area contributed by atoms with Crippen molar-refractivity contribution in [2.24, 2.45) is 0 Å². The van der Waals surface area contributed by atoms with E-state index in [1.165, 1.54) is 0 Å². The van der Waals surface area contributed by atoms with Gasteiger partial charge in [-0.3, -0.25) is 4.79 Å². The van der Waals surface area contributed by atoms with Crippen LogP contribution in [-0.4, -0.2) is 26.9 Å². The van der Waals surface area contributed by atoms with Gasteiger partial charge < -0.3 is 9.47 Å². The standard InChI is InChI=1S/C16H17Cl2N3O/c17-13-4-3-12(10-14(13)18)15-2-1-7-21(15)16(22)5-8-20-9-6-19-11-20/h3-4,6,9-11,15H,1-2,5,7-8H2/t15-/m0/s1. The first-order chi connectivity index (χ1) is 10.6. The van der Waals surface area contributed by atoms with E-state index in [0.29, 0.717) is 23.0 Å². The molecule has 1 aromatic heterocycles. The summed E-state index contributed by atoms with van der Waals surface area (Å²) >= 11 is 12.1. The second-order valence-corrected chi connectivity index (χ2v) is 6.28. The highest BCUT2D eigenvalue weighted by Gasteiger charge is 2.29. The maximum Gasteiger partial charge on any atom is 0.224 e. The Bertz CT molecular complexity index is 657. The summed E-state index contributed by atoms with van der Waals surface area (Å²) in [4.78, 5) is 18.5. The molecule has 2 aromatic rings. The second-order valence-electron chi connectivity index (χ2n) is 5.47. The molecule has 0 saturated carbocycles. The SMILES string of the molecule is O=C(CCn1ccnc1)N1CCC[C@H]1c1ccc(Cl)c(Cl)c1. The van der Waals surface area contributed by atoms with Crippen LogP contribution < -0.4 is 0 Å². The Labute approximate surface area is 139 Å². The third-order valence-electron chi connectivity index (χ3n) is 4.04. The van der Waals surface area contributed by atoms with Crippen molar-refractivity contribution >= 4 is 29.1 Å². The third kappa shape index (κ3) is 3.28. The third-order valence-corrected chi connectivity index (χ3v) is 4.78. The first-order valence-electron chi connectivity index (χ1n) is 7.35. The molecule has 0 N–H and O–H groups in total.